The van der Waals surface area contributed by atoms with Crippen molar-refractivity contribution in [1.82, 2.24) is 14.5 Å². The highest BCUT2D eigenvalue weighted by Gasteiger charge is 2.43. The fourth-order valence-corrected chi connectivity index (χ4v) is 4.84. The number of ether oxygens (including phenoxy) is 2. The second-order valence-electron chi connectivity index (χ2n) is 9.09. The Balaban J connectivity index is 1.56. The van der Waals surface area contributed by atoms with Crippen molar-refractivity contribution in [3.8, 4) is 5.75 Å². The van der Waals surface area contributed by atoms with E-state index in [4.69, 9.17) is 15.2 Å². The maximum atomic E-state index is 13.8. The van der Waals surface area contributed by atoms with Gasteiger partial charge in [0.05, 0.1) is 20.0 Å². The van der Waals surface area contributed by atoms with Crippen molar-refractivity contribution in [3.63, 3.8) is 0 Å². The minimum Gasteiger partial charge on any atom is -0.488 e. The van der Waals surface area contributed by atoms with Crippen LogP contribution in [-0.2, 0) is 14.3 Å². The summed E-state index contributed by atoms with van der Waals surface area (Å²) >= 11 is 0. The minimum atomic E-state index is -0.702. The summed E-state index contributed by atoms with van der Waals surface area (Å²) in [4.78, 5) is 32.3. The van der Waals surface area contributed by atoms with Gasteiger partial charge in [-0.15, -0.1) is 0 Å². The number of benzene rings is 2. The molecule has 1 fully saturated rings. The van der Waals surface area contributed by atoms with Gasteiger partial charge in [0.2, 0.25) is 5.91 Å². The molecule has 2 heterocycles. The summed E-state index contributed by atoms with van der Waals surface area (Å²) in [6.45, 7) is 2.46. The Hall–Kier alpha value is -3.55. The molecule has 0 saturated carbocycles. The predicted octanol–water partition coefficient (Wildman–Crippen LogP) is 4.35. The fourth-order valence-electron chi connectivity index (χ4n) is 4.84. The van der Waals surface area contributed by atoms with E-state index in [1.807, 2.05) is 42.5 Å². The first kappa shape index (κ1) is 24.6. The van der Waals surface area contributed by atoms with Crippen molar-refractivity contribution in [3.05, 3.63) is 55.0 Å². The Morgan fingerprint density at radius 1 is 1.14 bits per heavy atom. The lowest BCUT2D eigenvalue weighted by Crippen LogP contribution is -2.44. The minimum absolute atomic E-state index is 0.140. The highest BCUT2D eigenvalue weighted by molar-refractivity contribution is 5.89. The zero-order valence-electron chi connectivity index (χ0n) is 20.4. The summed E-state index contributed by atoms with van der Waals surface area (Å²) in [5.41, 5.74) is 5.85. The second-order valence-corrected chi connectivity index (χ2v) is 9.09. The third-order valence-electron chi connectivity index (χ3n) is 6.66. The van der Waals surface area contributed by atoms with Crippen LogP contribution in [0.1, 0.15) is 51.5 Å². The van der Waals surface area contributed by atoms with Crippen LogP contribution in [0, 0.1) is 0 Å². The van der Waals surface area contributed by atoms with Gasteiger partial charge in [0, 0.05) is 18.0 Å². The predicted molar refractivity (Wildman–Crippen MR) is 135 cm³/mol. The van der Waals surface area contributed by atoms with Crippen molar-refractivity contribution in [2.75, 3.05) is 19.4 Å². The van der Waals surface area contributed by atoms with Gasteiger partial charge in [-0.3, -0.25) is 4.79 Å². The lowest BCUT2D eigenvalue weighted by Gasteiger charge is -2.28. The van der Waals surface area contributed by atoms with Crippen molar-refractivity contribution in [2.24, 2.45) is 0 Å². The van der Waals surface area contributed by atoms with E-state index in [0.717, 1.165) is 42.2 Å². The smallest absolute Gasteiger partial charge is 0.328 e. The number of hydrogen-bond acceptors (Lipinski definition) is 6. The molecule has 186 valence electrons. The van der Waals surface area contributed by atoms with E-state index in [0.29, 0.717) is 25.2 Å². The molecule has 2 aromatic carbocycles. The molecule has 1 amide bonds. The van der Waals surface area contributed by atoms with Crippen LogP contribution in [0.2, 0.25) is 0 Å². The van der Waals surface area contributed by atoms with Gasteiger partial charge in [0.1, 0.15) is 29.8 Å². The van der Waals surface area contributed by atoms with Gasteiger partial charge < -0.3 is 24.7 Å². The molecule has 3 aromatic rings. The molecule has 4 rings (SSSR count). The van der Waals surface area contributed by atoms with Crippen molar-refractivity contribution >= 4 is 28.5 Å². The quantitative estimate of drug-likeness (QED) is 0.343. The SMILES string of the molecule is CCCCCC[C@H](C(=O)N1C[C@@H](Oc2cccc3ccccc23)C[C@H]1C(=O)OC)n1cnc(N)c1. The normalized spacial score (nSPS) is 18.5. The van der Waals surface area contributed by atoms with Gasteiger partial charge in [0.25, 0.3) is 0 Å². The van der Waals surface area contributed by atoms with Crippen molar-refractivity contribution in [1.29, 1.82) is 0 Å². The molecule has 0 bridgehead atoms. The van der Waals surface area contributed by atoms with E-state index < -0.39 is 18.1 Å². The summed E-state index contributed by atoms with van der Waals surface area (Å²) in [5, 5.41) is 2.07. The number of nitrogens with two attached hydrogens (primary N) is 1. The highest BCUT2D eigenvalue weighted by Crippen LogP contribution is 2.32. The number of carbonyl (C=O) groups excluding carboxylic acids is 2. The van der Waals surface area contributed by atoms with E-state index in [2.05, 4.69) is 11.9 Å². The molecular formula is C27H34N4O4. The number of amides is 1. The van der Waals surface area contributed by atoms with Gasteiger partial charge in [-0.1, -0.05) is 69.0 Å². The van der Waals surface area contributed by atoms with Crippen LogP contribution in [0.25, 0.3) is 10.8 Å². The van der Waals surface area contributed by atoms with Crippen LogP contribution < -0.4 is 10.5 Å². The highest BCUT2D eigenvalue weighted by atomic mass is 16.5. The maximum Gasteiger partial charge on any atom is 0.328 e. The summed E-state index contributed by atoms with van der Waals surface area (Å²) in [6.07, 6.45) is 8.11. The summed E-state index contributed by atoms with van der Waals surface area (Å²) in [5.74, 6) is 0.527. The first-order valence-electron chi connectivity index (χ1n) is 12.3. The number of fused-ring (bicyclic) bond motifs is 1. The Bertz CT molecular complexity index is 1160. The molecule has 2 N–H and O–H groups in total. The molecule has 1 aromatic heterocycles. The molecule has 0 aliphatic carbocycles. The third-order valence-corrected chi connectivity index (χ3v) is 6.66. The molecule has 35 heavy (non-hydrogen) atoms. The number of anilines is 1. The number of nitrogen functional groups attached to an aromatic ring is 1. The Labute approximate surface area is 206 Å². The molecule has 1 aliphatic rings. The van der Waals surface area contributed by atoms with Crippen LogP contribution in [0.3, 0.4) is 0 Å². The molecule has 8 nitrogen and oxygen atoms in total. The van der Waals surface area contributed by atoms with Crippen LogP contribution in [0.5, 0.6) is 5.75 Å². The van der Waals surface area contributed by atoms with E-state index in [9.17, 15) is 9.59 Å². The topological polar surface area (TPSA) is 99.7 Å². The van der Waals surface area contributed by atoms with Crippen molar-refractivity contribution < 1.29 is 19.1 Å². The number of unbranched alkanes of at least 4 members (excludes halogenated alkanes) is 3. The van der Waals surface area contributed by atoms with Gasteiger partial charge >= 0.3 is 5.97 Å². The average Bonchev–Trinajstić information content (AvgIpc) is 3.50. The molecule has 3 atom stereocenters. The van der Waals surface area contributed by atoms with E-state index in [-0.39, 0.29) is 12.0 Å². The lowest BCUT2D eigenvalue weighted by atomic mass is 10.1. The number of likely N-dealkylation sites (tertiary alicyclic amines) is 1. The first-order chi connectivity index (χ1) is 17.0. The van der Waals surface area contributed by atoms with Crippen LogP contribution in [0.4, 0.5) is 5.82 Å². The summed E-state index contributed by atoms with van der Waals surface area (Å²) in [7, 11) is 1.35. The zero-order chi connectivity index (χ0) is 24.8. The third kappa shape index (κ3) is 5.58. The standard InChI is InChI=1S/C27H34N4O4/c1-3-4-5-6-13-22(30-17-25(28)29-18-30)26(32)31-16-20(15-23(31)27(33)34-2)35-24-14-9-11-19-10-7-8-12-21(19)24/h7-12,14,17-18,20,22-23H,3-6,13,15-16,28H2,1-2H3/t20-,22+,23-/m0/s1. The molecule has 0 unspecified atom stereocenters. The zero-order valence-corrected chi connectivity index (χ0v) is 20.4. The summed E-state index contributed by atoms with van der Waals surface area (Å²) < 4.78 is 13.2. The Morgan fingerprint density at radius 3 is 2.69 bits per heavy atom. The number of hydrogen-bond donors (Lipinski definition) is 1. The number of imidazole rings is 1. The number of nitrogens with zero attached hydrogens (tertiary/aromatic N) is 3. The van der Waals surface area contributed by atoms with E-state index >= 15 is 0 Å². The molecule has 8 heteroatoms. The second kappa shape index (κ2) is 11.3. The average molecular weight is 479 g/mol. The number of aromatic nitrogens is 2. The largest absolute Gasteiger partial charge is 0.488 e. The molecule has 1 saturated heterocycles. The van der Waals surface area contributed by atoms with Gasteiger partial charge in [-0.2, -0.15) is 0 Å². The maximum absolute atomic E-state index is 13.8. The lowest BCUT2D eigenvalue weighted by molar-refractivity contribution is -0.152. The molecule has 1 aliphatic heterocycles. The summed E-state index contributed by atoms with van der Waals surface area (Å²) in [6, 6.07) is 12.7. The van der Waals surface area contributed by atoms with E-state index in [1.54, 1.807) is 22.0 Å². The van der Waals surface area contributed by atoms with E-state index in [1.165, 1.54) is 7.11 Å². The van der Waals surface area contributed by atoms with Crippen LogP contribution in [0.15, 0.2) is 55.0 Å². The monoisotopic (exact) mass is 478 g/mol. The van der Waals surface area contributed by atoms with Crippen LogP contribution >= 0.6 is 0 Å². The number of esters is 1. The Kier molecular flexibility index (Phi) is 7.90. The van der Waals surface area contributed by atoms with Gasteiger partial charge in [0.15, 0.2) is 0 Å². The molecular weight excluding hydrogens is 444 g/mol. The van der Waals surface area contributed by atoms with Gasteiger partial charge in [-0.05, 0) is 17.9 Å². The van der Waals surface area contributed by atoms with Gasteiger partial charge in [-0.25, -0.2) is 9.78 Å². The molecule has 0 spiro atoms. The molecule has 0 radical (unpaired) electrons. The Morgan fingerprint density at radius 2 is 1.94 bits per heavy atom. The first-order valence-corrected chi connectivity index (χ1v) is 12.3. The van der Waals surface area contributed by atoms with Crippen LogP contribution in [-0.4, -0.2) is 52.1 Å². The number of carbonyl (C=O) groups is 2. The number of methoxy groups -OCH3 is 1. The fraction of sp³-hybridized carbons (Fsp3) is 0.444. The van der Waals surface area contributed by atoms with Crippen molar-refractivity contribution in [2.45, 2.75) is 63.6 Å². The number of rotatable bonds is 10.